The Morgan fingerprint density at radius 1 is 1.20 bits per heavy atom. The Bertz CT molecular complexity index is 768. The summed E-state index contributed by atoms with van der Waals surface area (Å²) >= 11 is 1.80. The third kappa shape index (κ3) is 7.79. The van der Waals surface area contributed by atoms with Crippen molar-refractivity contribution in [1.82, 2.24) is 15.5 Å². The summed E-state index contributed by atoms with van der Waals surface area (Å²) < 4.78 is 19.3. The van der Waals surface area contributed by atoms with Crippen LogP contribution < -0.4 is 10.6 Å². The highest BCUT2D eigenvalue weighted by atomic mass is 127. The number of halogens is 2. The lowest BCUT2D eigenvalue weighted by Crippen LogP contribution is -2.47. The molecule has 166 valence electrons. The van der Waals surface area contributed by atoms with Gasteiger partial charge >= 0.3 is 0 Å². The van der Waals surface area contributed by atoms with Gasteiger partial charge in [0.15, 0.2) is 5.96 Å². The van der Waals surface area contributed by atoms with Crippen molar-refractivity contribution in [3.63, 3.8) is 0 Å². The van der Waals surface area contributed by atoms with Gasteiger partial charge in [-0.05, 0) is 41.5 Å². The summed E-state index contributed by atoms with van der Waals surface area (Å²) in [4.78, 5) is 8.11. The molecule has 1 aliphatic rings. The first-order chi connectivity index (χ1) is 14.2. The van der Waals surface area contributed by atoms with E-state index in [0.29, 0.717) is 25.7 Å². The maximum atomic E-state index is 13.8. The standard InChI is InChI=1S/C22H31FN4OS.HI/c1-17(13-20-7-4-12-29-20)15-25-22(24-2)26-16-21(27-8-10-28-11-9-27)18-5-3-6-19(23)14-18;/h3-7,12,14,17,21H,8-11,13,15-16H2,1-2H3,(H2,24,25,26);1H. The molecule has 2 aromatic rings. The zero-order valence-corrected chi connectivity index (χ0v) is 20.8. The summed E-state index contributed by atoms with van der Waals surface area (Å²) in [5.41, 5.74) is 0.973. The van der Waals surface area contributed by atoms with Crippen LogP contribution in [-0.4, -0.2) is 57.3 Å². The van der Waals surface area contributed by atoms with E-state index in [1.54, 1.807) is 30.5 Å². The first-order valence-corrected chi connectivity index (χ1v) is 11.1. The molecule has 2 N–H and O–H groups in total. The molecule has 1 aromatic heterocycles. The fourth-order valence-electron chi connectivity index (χ4n) is 3.59. The van der Waals surface area contributed by atoms with Gasteiger partial charge in [0.05, 0.1) is 19.3 Å². The van der Waals surface area contributed by atoms with E-state index < -0.39 is 0 Å². The minimum atomic E-state index is -0.203. The quantitative estimate of drug-likeness (QED) is 0.300. The van der Waals surface area contributed by atoms with Crippen LogP contribution in [0.5, 0.6) is 0 Å². The molecule has 8 heteroatoms. The average Bonchev–Trinajstić information content (AvgIpc) is 3.24. The van der Waals surface area contributed by atoms with E-state index in [4.69, 9.17) is 4.74 Å². The summed E-state index contributed by atoms with van der Waals surface area (Å²) in [5.74, 6) is 1.08. The number of morpholine rings is 1. The van der Waals surface area contributed by atoms with E-state index in [-0.39, 0.29) is 35.8 Å². The molecule has 2 atom stereocenters. The summed E-state index contributed by atoms with van der Waals surface area (Å²) in [5, 5.41) is 8.98. The number of thiophene rings is 1. The second-order valence-electron chi connectivity index (χ2n) is 7.44. The van der Waals surface area contributed by atoms with Crippen molar-refractivity contribution in [2.24, 2.45) is 10.9 Å². The number of nitrogens with zero attached hydrogens (tertiary/aromatic N) is 2. The van der Waals surface area contributed by atoms with Gasteiger partial charge in [-0.3, -0.25) is 9.89 Å². The van der Waals surface area contributed by atoms with Crippen LogP contribution in [-0.2, 0) is 11.2 Å². The minimum Gasteiger partial charge on any atom is -0.379 e. The van der Waals surface area contributed by atoms with E-state index in [0.717, 1.165) is 37.6 Å². The minimum absolute atomic E-state index is 0. The molecule has 5 nitrogen and oxygen atoms in total. The van der Waals surface area contributed by atoms with Crippen LogP contribution >= 0.6 is 35.3 Å². The molecule has 0 amide bonds. The molecule has 30 heavy (non-hydrogen) atoms. The van der Waals surface area contributed by atoms with Crippen LogP contribution in [0.25, 0.3) is 0 Å². The lowest BCUT2D eigenvalue weighted by molar-refractivity contribution is 0.0169. The third-order valence-electron chi connectivity index (χ3n) is 5.15. The Morgan fingerprint density at radius 3 is 2.63 bits per heavy atom. The van der Waals surface area contributed by atoms with Gasteiger partial charge in [-0.2, -0.15) is 0 Å². The topological polar surface area (TPSA) is 48.9 Å². The molecular weight excluding hydrogens is 514 g/mol. The predicted molar refractivity (Wildman–Crippen MR) is 133 cm³/mol. The molecule has 0 aliphatic carbocycles. The number of rotatable bonds is 8. The van der Waals surface area contributed by atoms with Gasteiger partial charge in [-0.1, -0.05) is 25.1 Å². The summed E-state index contributed by atoms with van der Waals surface area (Å²) in [7, 11) is 1.78. The van der Waals surface area contributed by atoms with Crippen LogP contribution in [0.15, 0.2) is 46.8 Å². The molecule has 3 rings (SSSR count). The highest BCUT2D eigenvalue weighted by Gasteiger charge is 2.23. The number of hydrogen-bond acceptors (Lipinski definition) is 4. The van der Waals surface area contributed by atoms with Crippen LogP contribution in [0.4, 0.5) is 4.39 Å². The van der Waals surface area contributed by atoms with Gasteiger partial charge < -0.3 is 15.4 Å². The Balaban J connectivity index is 0.00000320. The predicted octanol–water partition coefficient (Wildman–Crippen LogP) is 3.92. The summed E-state index contributed by atoms with van der Waals surface area (Å²) in [6.07, 6.45) is 1.06. The van der Waals surface area contributed by atoms with Gasteiger partial charge in [-0.25, -0.2) is 4.39 Å². The van der Waals surface area contributed by atoms with E-state index in [1.807, 2.05) is 6.07 Å². The first-order valence-electron chi connectivity index (χ1n) is 10.2. The van der Waals surface area contributed by atoms with Crippen molar-refractivity contribution in [1.29, 1.82) is 0 Å². The smallest absolute Gasteiger partial charge is 0.191 e. The fourth-order valence-corrected chi connectivity index (χ4v) is 4.46. The molecular formula is C22H32FIN4OS. The van der Waals surface area contributed by atoms with E-state index >= 15 is 0 Å². The van der Waals surface area contributed by atoms with Gasteiger partial charge in [0, 0.05) is 38.1 Å². The molecule has 2 heterocycles. The van der Waals surface area contributed by atoms with Gasteiger partial charge in [0.1, 0.15) is 5.82 Å². The highest BCUT2D eigenvalue weighted by Crippen LogP contribution is 2.22. The van der Waals surface area contributed by atoms with Crippen LogP contribution in [0, 0.1) is 11.7 Å². The zero-order chi connectivity index (χ0) is 20.5. The van der Waals surface area contributed by atoms with Gasteiger partial charge in [-0.15, -0.1) is 35.3 Å². The van der Waals surface area contributed by atoms with E-state index in [2.05, 4.69) is 45.0 Å². The number of benzene rings is 1. The normalized spacial score (nSPS) is 17.1. The fraction of sp³-hybridized carbons (Fsp3) is 0.500. The van der Waals surface area contributed by atoms with Gasteiger partial charge in [0.2, 0.25) is 0 Å². The largest absolute Gasteiger partial charge is 0.379 e. The SMILES string of the molecule is CN=C(NCC(C)Cc1cccs1)NCC(c1cccc(F)c1)N1CCOCC1.I. The van der Waals surface area contributed by atoms with Crippen molar-refractivity contribution >= 4 is 41.3 Å². The Hall–Kier alpha value is -1.23. The molecule has 1 fully saturated rings. The lowest BCUT2D eigenvalue weighted by Gasteiger charge is -2.35. The second kappa shape index (κ2) is 13.2. The number of hydrogen-bond donors (Lipinski definition) is 2. The van der Waals surface area contributed by atoms with Crippen molar-refractivity contribution in [2.45, 2.75) is 19.4 Å². The summed E-state index contributed by atoms with van der Waals surface area (Å²) in [6.45, 7) is 6.84. The second-order valence-corrected chi connectivity index (χ2v) is 8.47. The Labute approximate surface area is 200 Å². The maximum absolute atomic E-state index is 13.8. The Kier molecular flexibility index (Phi) is 11.0. The molecule has 0 radical (unpaired) electrons. The number of aliphatic imine (C=N–C) groups is 1. The van der Waals surface area contributed by atoms with Crippen molar-refractivity contribution in [3.8, 4) is 0 Å². The zero-order valence-electron chi connectivity index (χ0n) is 17.6. The first kappa shape index (κ1) is 25.0. The molecule has 0 bridgehead atoms. The highest BCUT2D eigenvalue weighted by molar-refractivity contribution is 14.0. The number of ether oxygens (including phenoxy) is 1. The van der Waals surface area contributed by atoms with Gasteiger partial charge in [0.25, 0.3) is 0 Å². The van der Waals surface area contributed by atoms with Crippen molar-refractivity contribution < 1.29 is 9.13 Å². The lowest BCUT2D eigenvalue weighted by atomic mass is 10.0. The molecule has 2 unspecified atom stereocenters. The molecule has 1 saturated heterocycles. The van der Waals surface area contributed by atoms with E-state index in [1.165, 1.54) is 10.9 Å². The summed E-state index contributed by atoms with van der Waals surface area (Å²) in [6, 6.07) is 11.2. The monoisotopic (exact) mass is 546 g/mol. The van der Waals surface area contributed by atoms with Crippen molar-refractivity contribution in [2.75, 3.05) is 46.4 Å². The molecule has 1 aromatic carbocycles. The average molecular weight is 546 g/mol. The molecule has 0 saturated carbocycles. The third-order valence-corrected chi connectivity index (χ3v) is 6.05. The van der Waals surface area contributed by atoms with E-state index in [9.17, 15) is 4.39 Å². The van der Waals surface area contributed by atoms with Crippen LogP contribution in [0.2, 0.25) is 0 Å². The number of guanidine groups is 1. The van der Waals surface area contributed by atoms with Crippen molar-refractivity contribution in [3.05, 3.63) is 58.0 Å². The maximum Gasteiger partial charge on any atom is 0.191 e. The molecule has 0 spiro atoms. The van der Waals surface area contributed by atoms with Crippen LogP contribution in [0.3, 0.4) is 0 Å². The number of nitrogens with one attached hydrogen (secondary N) is 2. The Morgan fingerprint density at radius 2 is 1.97 bits per heavy atom. The van der Waals surface area contributed by atoms with Crippen LogP contribution in [0.1, 0.15) is 23.4 Å². The molecule has 1 aliphatic heterocycles.